The summed E-state index contributed by atoms with van der Waals surface area (Å²) in [7, 11) is 0. The molecule has 7 nitrogen and oxygen atoms in total. The van der Waals surface area contributed by atoms with Gasteiger partial charge in [-0.1, -0.05) is 36.9 Å². The number of hydrogen-bond acceptors (Lipinski definition) is 6. The summed E-state index contributed by atoms with van der Waals surface area (Å²) >= 11 is 0. The van der Waals surface area contributed by atoms with Crippen LogP contribution in [0.15, 0.2) is 59.5 Å². The standard InChI is InChI=1S/C27H32N6O/c1-6-21(7-2)16-28-20(5)32-12-10-23(11-13-32)33-27-17-29-25(15-26(27)30-31-33)22-8-9-24(19(4)34)18(3)14-22/h6,8-9,14-17,23H,5,7,10-13H2,1-4H3/b21-6-,28-16-. The zero-order chi connectivity index (χ0) is 24.2. The summed E-state index contributed by atoms with van der Waals surface area (Å²) in [5, 5.41) is 8.89. The number of aliphatic imine (C=N–C) groups is 1. The van der Waals surface area contributed by atoms with Crippen LogP contribution in [0.4, 0.5) is 0 Å². The first-order valence-electron chi connectivity index (χ1n) is 11.9. The molecular formula is C27H32N6O. The van der Waals surface area contributed by atoms with Crippen LogP contribution >= 0.6 is 0 Å². The number of benzene rings is 1. The maximum absolute atomic E-state index is 11.7. The largest absolute Gasteiger partial charge is 0.357 e. The van der Waals surface area contributed by atoms with E-state index >= 15 is 0 Å². The van der Waals surface area contributed by atoms with Crippen LogP contribution in [0.25, 0.3) is 22.3 Å². The lowest BCUT2D eigenvalue weighted by Crippen LogP contribution is -2.33. The number of carbonyl (C=O) groups is 1. The molecule has 0 aliphatic carbocycles. The SMILES string of the molecule is C=C(/N=C\C(=C/C)CC)N1CCC(n2nnc3cc(-c4ccc(C(C)=O)c(C)c4)ncc32)CC1. The molecule has 3 heterocycles. The summed E-state index contributed by atoms with van der Waals surface area (Å²) in [6.07, 6.45) is 8.72. The van der Waals surface area contributed by atoms with Crippen LogP contribution in [0, 0.1) is 6.92 Å². The Morgan fingerprint density at radius 2 is 2.03 bits per heavy atom. The molecule has 0 atom stereocenters. The number of nitrogens with zero attached hydrogens (tertiary/aromatic N) is 6. The van der Waals surface area contributed by atoms with Crippen molar-refractivity contribution in [2.24, 2.45) is 4.99 Å². The van der Waals surface area contributed by atoms with Crippen LogP contribution in [-0.2, 0) is 0 Å². The number of rotatable bonds is 7. The van der Waals surface area contributed by atoms with Gasteiger partial charge in [0.2, 0.25) is 0 Å². The van der Waals surface area contributed by atoms with Crippen molar-refractivity contribution in [2.75, 3.05) is 13.1 Å². The van der Waals surface area contributed by atoms with Crippen LogP contribution in [0.5, 0.6) is 0 Å². The lowest BCUT2D eigenvalue weighted by atomic mass is 10.0. The molecular weight excluding hydrogens is 424 g/mol. The Kier molecular flexibility index (Phi) is 7.01. The third kappa shape index (κ3) is 4.83. The maximum atomic E-state index is 11.7. The number of hydrogen-bond donors (Lipinski definition) is 0. The number of aryl methyl sites for hydroxylation is 1. The van der Waals surface area contributed by atoms with Gasteiger partial charge in [-0.15, -0.1) is 5.10 Å². The number of fused-ring (bicyclic) bond motifs is 1. The van der Waals surface area contributed by atoms with E-state index in [2.05, 4.69) is 44.8 Å². The highest BCUT2D eigenvalue weighted by Crippen LogP contribution is 2.29. The molecule has 0 unspecified atom stereocenters. The predicted molar refractivity (Wildman–Crippen MR) is 137 cm³/mol. The van der Waals surface area contributed by atoms with Crippen molar-refractivity contribution >= 4 is 23.0 Å². The molecule has 1 aliphatic rings. The number of aromatic nitrogens is 4. The van der Waals surface area contributed by atoms with E-state index in [-0.39, 0.29) is 11.8 Å². The topological polar surface area (TPSA) is 76.3 Å². The molecule has 1 saturated heterocycles. The lowest BCUT2D eigenvalue weighted by molar-refractivity contribution is 0.101. The van der Waals surface area contributed by atoms with E-state index in [1.165, 1.54) is 5.57 Å². The quantitative estimate of drug-likeness (QED) is 0.345. The van der Waals surface area contributed by atoms with Gasteiger partial charge in [0.25, 0.3) is 0 Å². The minimum absolute atomic E-state index is 0.0698. The molecule has 0 saturated carbocycles. The first-order valence-corrected chi connectivity index (χ1v) is 11.9. The van der Waals surface area contributed by atoms with E-state index in [0.717, 1.165) is 71.6 Å². The number of likely N-dealkylation sites (tertiary alicyclic amines) is 1. The van der Waals surface area contributed by atoms with E-state index in [1.54, 1.807) is 6.92 Å². The summed E-state index contributed by atoms with van der Waals surface area (Å²) in [5.74, 6) is 0.882. The molecule has 0 spiro atoms. The fourth-order valence-corrected chi connectivity index (χ4v) is 4.46. The predicted octanol–water partition coefficient (Wildman–Crippen LogP) is 5.54. The molecule has 0 amide bonds. The minimum atomic E-state index is 0.0698. The smallest absolute Gasteiger partial charge is 0.160 e. The molecule has 34 heavy (non-hydrogen) atoms. The summed E-state index contributed by atoms with van der Waals surface area (Å²) in [6.45, 7) is 13.6. The van der Waals surface area contributed by atoms with Crippen molar-refractivity contribution in [3.8, 4) is 11.3 Å². The van der Waals surface area contributed by atoms with Gasteiger partial charge in [-0.2, -0.15) is 0 Å². The molecule has 1 aromatic carbocycles. The van der Waals surface area contributed by atoms with Crippen molar-refractivity contribution in [3.05, 3.63) is 65.6 Å². The van der Waals surface area contributed by atoms with Gasteiger partial charge in [-0.25, -0.2) is 9.67 Å². The van der Waals surface area contributed by atoms with Crippen molar-refractivity contribution < 1.29 is 4.79 Å². The highest BCUT2D eigenvalue weighted by Gasteiger charge is 2.24. The Morgan fingerprint density at radius 1 is 1.26 bits per heavy atom. The van der Waals surface area contributed by atoms with E-state index in [4.69, 9.17) is 0 Å². The highest BCUT2D eigenvalue weighted by atomic mass is 16.1. The van der Waals surface area contributed by atoms with Crippen LogP contribution in [0.2, 0.25) is 0 Å². The first kappa shape index (κ1) is 23.5. The van der Waals surface area contributed by atoms with Crippen molar-refractivity contribution in [1.29, 1.82) is 0 Å². The number of pyridine rings is 1. The fraction of sp³-hybridized carbons (Fsp3) is 0.370. The first-order chi connectivity index (χ1) is 16.4. The van der Waals surface area contributed by atoms with Gasteiger partial charge in [0.15, 0.2) is 5.78 Å². The summed E-state index contributed by atoms with van der Waals surface area (Å²) in [5.41, 5.74) is 6.46. The molecule has 7 heteroatoms. The van der Waals surface area contributed by atoms with Gasteiger partial charge in [0.05, 0.1) is 17.9 Å². The molecule has 1 aliphatic heterocycles. The van der Waals surface area contributed by atoms with Crippen molar-refractivity contribution in [1.82, 2.24) is 24.9 Å². The molecule has 4 rings (SSSR count). The Hall–Kier alpha value is -3.61. The Balaban J connectivity index is 1.47. The number of Topliss-reactive ketones (excluding diaryl/α,β-unsaturated/α-hetero) is 1. The molecule has 3 aromatic rings. The Bertz CT molecular complexity index is 1280. The van der Waals surface area contributed by atoms with Gasteiger partial charge in [-0.05, 0) is 63.3 Å². The monoisotopic (exact) mass is 456 g/mol. The summed E-state index contributed by atoms with van der Waals surface area (Å²) < 4.78 is 2.01. The lowest BCUT2D eigenvalue weighted by Gasteiger charge is -2.33. The minimum Gasteiger partial charge on any atom is -0.357 e. The number of allylic oxidation sites excluding steroid dienone is 2. The van der Waals surface area contributed by atoms with Gasteiger partial charge >= 0.3 is 0 Å². The molecule has 0 radical (unpaired) electrons. The third-order valence-corrected chi connectivity index (χ3v) is 6.59. The van der Waals surface area contributed by atoms with E-state index in [9.17, 15) is 4.79 Å². The van der Waals surface area contributed by atoms with Crippen molar-refractivity contribution in [2.45, 2.75) is 53.0 Å². The second kappa shape index (κ2) is 10.1. The Labute approximate surface area is 200 Å². The van der Waals surface area contributed by atoms with Crippen molar-refractivity contribution in [3.63, 3.8) is 0 Å². The van der Waals surface area contributed by atoms with E-state index < -0.39 is 0 Å². The van der Waals surface area contributed by atoms with Crippen LogP contribution < -0.4 is 0 Å². The summed E-state index contributed by atoms with van der Waals surface area (Å²) in [4.78, 5) is 23.2. The second-order valence-electron chi connectivity index (χ2n) is 8.79. The van der Waals surface area contributed by atoms with Gasteiger partial charge in [-0.3, -0.25) is 9.78 Å². The van der Waals surface area contributed by atoms with Crippen LogP contribution in [0.1, 0.15) is 62.0 Å². The van der Waals surface area contributed by atoms with Gasteiger partial charge in [0.1, 0.15) is 16.9 Å². The zero-order valence-corrected chi connectivity index (χ0v) is 20.5. The third-order valence-electron chi connectivity index (χ3n) is 6.59. The molecule has 0 N–H and O–H groups in total. The zero-order valence-electron chi connectivity index (χ0n) is 20.5. The second-order valence-corrected chi connectivity index (χ2v) is 8.79. The number of ketones is 1. The molecule has 176 valence electrons. The fourth-order valence-electron chi connectivity index (χ4n) is 4.46. The van der Waals surface area contributed by atoms with Gasteiger partial charge < -0.3 is 4.90 Å². The van der Waals surface area contributed by atoms with E-state index in [0.29, 0.717) is 0 Å². The Morgan fingerprint density at radius 3 is 2.68 bits per heavy atom. The average Bonchev–Trinajstić information content (AvgIpc) is 3.27. The van der Waals surface area contributed by atoms with Crippen LogP contribution in [-0.4, -0.2) is 50.0 Å². The maximum Gasteiger partial charge on any atom is 0.160 e. The number of piperidine rings is 1. The normalized spacial score (nSPS) is 15.4. The molecule has 2 aromatic heterocycles. The number of carbonyl (C=O) groups excluding carboxylic acids is 1. The highest BCUT2D eigenvalue weighted by molar-refractivity contribution is 5.96. The molecule has 1 fully saturated rings. The molecule has 0 bridgehead atoms. The van der Waals surface area contributed by atoms with Gasteiger partial charge in [0, 0.05) is 30.4 Å². The summed E-state index contributed by atoms with van der Waals surface area (Å²) in [6, 6.07) is 8.04. The van der Waals surface area contributed by atoms with E-state index in [1.807, 2.05) is 55.2 Å². The van der Waals surface area contributed by atoms with Crippen LogP contribution in [0.3, 0.4) is 0 Å². The average molecular weight is 457 g/mol.